The second kappa shape index (κ2) is 9.19. The molecule has 1 amide bonds. The summed E-state index contributed by atoms with van der Waals surface area (Å²) in [6.07, 6.45) is 0. The quantitative estimate of drug-likeness (QED) is 0.575. The van der Waals surface area contributed by atoms with E-state index < -0.39 is 15.7 Å². The SMILES string of the molecule is COc1cc(OC)c(NC(=O)c2cccc(CS(=O)(=O)c3ccccc3)c2)cc1Cl. The van der Waals surface area contributed by atoms with Gasteiger partial charge in [0.05, 0.1) is 35.6 Å². The lowest BCUT2D eigenvalue weighted by Gasteiger charge is -2.13. The third-order valence-electron chi connectivity index (χ3n) is 4.37. The van der Waals surface area contributed by atoms with Crippen LogP contribution in [0.3, 0.4) is 0 Å². The summed E-state index contributed by atoms with van der Waals surface area (Å²) in [4.78, 5) is 13.0. The summed E-state index contributed by atoms with van der Waals surface area (Å²) in [6.45, 7) is 0. The first kappa shape index (κ1) is 21.7. The van der Waals surface area contributed by atoms with Crippen LogP contribution in [0.5, 0.6) is 11.5 Å². The van der Waals surface area contributed by atoms with Gasteiger partial charge in [-0.2, -0.15) is 0 Å². The van der Waals surface area contributed by atoms with Gasteiger partial charge >= 0.3 is 0 Å². The molecule has 3 aromatic carbocycles. The minimum absolute atomic E-state index is 0.212. The molecular weight excluding hydrogens is 426 g/mol. The number of methoxy groups -OCH3 is 2. The van der Waals surface area contributed by atoms with Gasteiger partial charge in [-0.15, -0.1) is 0 Å². The van der Waals surface area contributed by atoms with Crippen molar-refractivity contribution >= 4 is 33.0 Å². The topological polar surface area (TPSA) is 81.7 Å². The number of halogens is 1. The summed E-state index contributed by atoms with van der Waals surface area (Å²) < 4.78 is 35.7. The number of rotatable bonds is 7. The van der Waals surface area contributed by atoms with Crippen LogP contribution in [0.25, 0.3) is 0 Å². The Morgan fingerprint density at radius 1 is 0.933 bits per heavy atom. The average Bonchev–Trinajstić information content (AvgIpc) is 2.74. The number of hydrogen-bond donors (Lipinski definition) is 1. The van der Waals surface area contributed by atoms with Gasteiger partial charge in [0.1, 0.15) is 11.5 Å². The van der Waals surface area contributed by atoms with Crippen molar-refractivity contribution in [2.45, 2.75) is 10.6 Å². The van der Waals surface area contributed by atoms with Crippen LogP contribution in [0.2, 0.25) is 5.02 Å². The van der Waals surface area contributed by atoms with Crippen LogP contribution in [0.15, 0.2) is 71.6 Å². The van der Waals surface area contributed by atoms with Crippen molar-refractivity contribution in [3.63, 3.8) is 0 Å². The van der Waals surface area contributed by atoms with E-state index in [0.29, 0.717) is 33.3 Å². The Morgan fingerprint density at radius 3 is 2.30 bits per heavy atom. The fourth-order valence-electron chi connectivity index (χ4n) is 2.89. The van der Waals surface area contributed by atoms with Gasteiger partial charge in [-0.25, -0.2) is 8.42 Å². The van der Waals surface area contributed by atoms with Gasteiger partial charge in [-0.3, -0.25) is 4.79 Å². The van der Waals surface area contributed by atoms with E-state index in [0.717, 1.165) is 0 Å². The Bertz CT molecular complexity index is 1160. The highest BCUT2D eigenvalue weighted by Gasteiger charge is 2.17. The van der Waals surface area contributed by atoms with E-state index in [-0.39, 0.29) is 10.6 Å². The molecule has 156 valence electrons. The smallest absolute Gasteiger partial charge is 0.255 e. The molecule has 0 unspecified atom stereocenters. The number of nitrogens with one attached hydrogen (secondary N) is 1. The van der Waals surface area contributed by atoms with Gasteiger partial charge in [0.2, 0.25) is 0 Å². The van der Waals surface area contributed by atoms with Crippen molar-refractivity contribution in [2.75, 3.05) is 19.5 Å². The summed E-state index contributed by atoms with van der Waals surface area (Å²) in [5.41, 5.74) is 1.19. The lowest BCUT2D eigenvalue weighted by molar-refractivity contribution is 0.102. The molecule has 8 heteroatoms. The Morgan fingerprint density at radius 2 is 1.63 bits per heavy atom. The molecule has 0 bridgehead atoms. The standard InChI is InChI=1S/C22H20ClNO5S/c1-28-20-13-21(29-2)19(12-18(20)23)24-22(25)16-8-6-7-15(11-16)14-30(26,27)17-9-4-3-5-10-17/h3-13H,14H2,1-2H3,(H,24,25). The molecule has 0 saturated carbocycles. The van der Waals surface area contributed by atoms with Crippen LogP contribution >= 0.6 is 11.6 Å². The van der Waals surface area contributed by atoms with Gasteiger partial charge in [-0.1, -0.05) is 41.9 Å². The normalized spacial score (nSPS) is 11.0. The Hall–Kier alpha value is -3.03. The van der Waals surface area contributed by atoms with Crippen molar-refractivity contribution in [1.29, 1.82) is 0 Å². The van der Waals surface area contributed by atoms with Gasteiger partial charge in [0.15, 0.2) is 9.84 Å². The number of hydrogen-bond acceptors (Lipinski definition) is 5. The minimum Gasteiger partial charge on any atom is -0.495 e. The third kappa shape index (κ3) is 4.93. The highest BCUT2D eigenvalue weighted by molar-refractivity contribution is 7.90. The van der Waals surface area contributed by atoms with E-state index in [1.54, 1.807) is 60.7 Å². The zero-order valence-electron chi connectivity index (χ0n) is 16.4. The number of ether oxygens (including phenoxy) is 2. The van der Waals surface area contributed by atoms with E-state index in [2.05, 4.69) is 5.32 Å². The average molecular weight is 446 g/mol. The van der Waals surface area contributed by atoms with Crippen LogP contribution in [-0.4, -0.2) is 28.5 Å². The summed E-state index contributed by atoms with van der Waals surface area (Å²) in [7, 11) is -0.576. The van der Waals surface area contributed by atoms with E-state index in [4.69, 9.17) is 21.1 Å². The summed E-state index contributed by atoms with van der Waals surface area (Å²) in [5, 5.41) is 3.05. The van der Waals surface area contributed by atoms with Crippen LogP contribution in [-0.2, 0) is 15.6 Å². The van der Waals surface area contributed by atoms with Gasteiger partial charge in [-0.05, 0) is 35.9 Å². The molecule has 0 spiro atoms. The van der Waals surface area contributed by atoms with E-state index >= 15 is 0 Å². The van der Waals surface area contributed by atoms with Crippen LogP contribution < -0.4 is 14.8 Å². The maximum Gasteiger partial charge on any atom is 0.255 e. The molecule has 0 saturated heterocycles. The van der Waals surface area contributed by atoms with E-state index in [1.807, 2.05) is 0 Å². The number of amides is 1. The molecule has 1 N–H and O–H groups in total. The highest BCUT2D eigenvalue weighted by atomic mass is 35.5. The van der Waals surface area contributed by atoms with Crippen molar-refractivity contribution < 1.29 is 22.7 Å². The summed E-state index contributed by atoms with van der Waals surface area (Å²) >= 11 is 6.15. The highest BCUT2D eigenvalue weighted by Crippen LogP contribution is 2.36. The lowest BCUT2D eigenvalue weighted by Crippen LogP contribution is -2.13. The molecule has 6 nitrogen and oxygen atoms in total. The maximum absolute atomic E-state index is 12.7. The minimum atomic E-state index is -3.52. The largest absolute Gasteiger partial charge is 0.495 e. The summed E-state index contributed by atoms with van der Waals surface area (Å²) in [6, 6.07) is 17.8. The number of anilines is 1. The molecule has 0 heterocycles. The van der Waals surface area contributed by atoms with Crippen molar-refractivity contribution in [3.05, 3.63) is 82.9 Å². The molecule has 0 atom stereocenters. The Labute approximate surface area is 180 Å². The third-order valence-corrected chi connectivity index (χ3v) is 6.37. The molecule has 0 fully saturated rings. The number of sulfone groups is 1. The van der Waals surface area contributed by atoms with Crippen LogP contribution in [0, 0.1) is 0 Å². The molecule has 3 aromatic rings. The molecule has 30 heavy (non-hydrogen) atoms. The lowest BCUT2D eigenvalue weighted by atomic mass is 10.1. The number of benzene rings is 3. The number of carbonyl (C=O) groups excluding carboxylic acids is 1. The first-order chi connectivity index (χ1) is 14.3. The zero-order chi connectivity index (χ0) is 21.7. The maximum atomic E-state index is 12.7. The first-order valence-corrected chi connectivity index (χ1v) is 11.0. The zero-order valence-corrected chi connectivity index (χ0v) is 18.0. The van der Waals surface area contributed by atoms with Gasteiger partial charge in [0.25, 0.3) is 5.91 Å². The van der Waals surface area contributed by atoms with Crippen LogP contribution in [0.4, 0.5) is 5.69 Å². The molecule has 0 radical (unpaired) electrons. The van der Waals surface area contributed by atoms with Crippen molar-refractivity contribution in [1.82, 2.24) is 0 Å². The predicted octanol–water partition coefficient (Wildman–Crippen LogP) is 4.58. The van der Waals surface area contributed by atoms with Gasteiger partial charge in [0, 0.05) is 11.6 Å². The van der Waals surface area contributed by atoms with Crippen molar-refractivity contribution in [3.8, 4) is 11.5 Å². The van der Waals surface area contributed by atoms with Crippen molar-refractivity contribution in [2.24, 2.45) is 0 Å². The number of carbonyl (C=O) groups is 1. The molecule has 3 rings (SSSR count). The molecule has 0 aliphatic carbocycles. The fraction of sp³-hybridized carbons (Fsp3) is 0.136. The van der Waals surface area contributed by atoms with E-state index in [9.17, 15) is 13.2 Å². The molecule has 0 aliphatic rings. The van der Waals surface area contributed by atoms with E-state index in [1.165, 1.54) is 20.3 Å². The Kier molecular flexibility index (Phi) is 6.64. The molecule has 0 aliphatic heterocycles. The van der Waals surface area contributed by atoms with Crippen LogP contribution in [0.1, 0.15) is 15.9 Å². The molecule has 0 aromatic heterocycles. The first-order valence-electron chi connectivity index (χ1n) is 8.93. The second-order valence-electron chi connectivity index (χ2n) is 6.41. The Balaban J connectivity index is 1.83. The predicted molar refractivity (Wildman–Crippen MR) is 116 cm³/mol. The van der Waals surface area contributed by atoms with Gasteiger partial charge < -0.3 is 14.8 Å². The fourth-order valence-corrected chi connectivity index (χ4v) is 4.48. The monoisotopic (exact) mass is 445 g/mol. The molecular formula is C22H20ClNO5S. The second-order valence-corrected chi connectivity index (χ2v) is 8.81. The summed E-state index contributed by atoms with van der Waals surface area (Å²) in [5.74, 6) is 0.163.